The highest BCUT2D eigenvalue weighted by molar-refractivity contribution is 7.09. The van der Waals surface area contributed by atoms with Crippen molar-refractivity contribution in [2.75, 3.05) is 6.61 Å². The summed E-state index contributed by atoms with van der Waals surface area (Å²) in [5.74, 6) is 0.0650. The zero-order valence-corrected chi connectivity index (χ0v) is 11.1. The van der Waals surface area contributed by atoms with Gasteiger partial charge >= 0.3 is 0 Å². The summed E-state index contributed by atoms with van der Waals surface area (Å²) in [6, 6.07) is 7.65. The van der Waals surface area contributed by atoms with Crippen molar-refractivity contribution in [3.05, 3.63) is 50.9 Å². The number of nitrogens with zero attached hydrogens (tertiary/aromatic N) is 1. The first-order chi connectivity index (χ1) is 8.19. The Morgan fingerprint density at radius 2 is 2.29 bits per heavy atom. The molecule has 0 saturated heterocycles. The quantitative estimate of drug-likeness (QED) is 0.921. The lowest BCUT2D eigenvalue weighted by Crippen LogP contribution is -2.08. The third-order valence-corrected chi connectivity index (χ3v) is 3.72. The maximum atomic E-state index is 9.47. The van der Waals surface area contributed by atoms with Crippen LogP contribution in [0.5, 0.6) is 0 Å². The number of aromatic nitrogens is 1. The van der Waals surface area contributed by atoms with E-state index in [0.717, 1.165) is 22.7 Å². The SMILES string of the molecule is Cc1nc(CC(CO)c2cccc(Cl)c2)cs1. The van der Waals surface area contributed by atoms with E-state index in [0.29, 0.717) is 5.02 Å². The lowest BCUT2D eigenvalue weighted by atomic mass is 9.95. The average Bonchev–Trinajstić information content (AvgIpc) is 2.72. The summed E-state index contributed by atoms with van der Waals surface area (Å²) in [6.45, 7) is 2.10. The van der Waals surface area contributed by atoms with Gasteiger partial charge in [-0.25, -0.2) is 4.98 Å². The van der Waals surface area contributed by atoms with Crippen molar-refractivity contribution in [2.45, 2.75) is 19.3 Å². The lowest BCUT2D eigenvalue weighted by molar-refractivity contribution is 0.264. The van der Waals surface area contributed by atoms with Crippen molar-refractivity contribution in [3.63, 3.8) is 0 Å². The molecule has 0 radical (unpaired) electrons. The molecule has 1 atom stereocenters. The van der Waals surface area contributed by atoms with E-state index in [1.165, 1.54) is 0 Å². The predicted octanol–water partition coefficient (Wildman–Crippen LogP) is 3.42. The van der Waals surface area contributed by atoms with Gasteiger partial charge in [-0.2, -0.15) is 0 Å². The Morgan fingerprint density at radius 1 is 1.47 bits per heavy atom. The molecule has 0 amide bonds. The number of aliphatic hydroxyl groups is 1. The molecule has 0 saturated carbocycles. The average molecular weight is 268 g/mol. The number of benzene rings is 1. The van der Waals surface area contributed by atoms with Gasteiger partial charge < -0.3 is 5.11 Å². The Morgan fingerprint density at radius 3 is 2.88 bits per heavy atom. The standard InChI is InChI=1S/C13H14ClNOS/c1-9-15-13(8-17-9)6-11(7-16)10-3-2-4-12(14)5-10/h2-5,8,11,16H,6-7H2,1H3. The maximum absolute atomic E-state index is 9.47. The molecule has 0 spiro atoms. The van der Waals surface area contributed by atoms with Crippen LogP contribution < -0.4 is 0 Å². The van der Waals surface area contributed by atoms with Gasteiger partial charge in [0.05, 0.1) is 17.3 Å². The molecular weight excluding hydrogens is 254 g/mol. The first kappa shape index (κ1) is 12.6. The summed E-state index contributed by atoms with van der Waals surface area (Å²) in [5.41, 5.74) is 2.09. The summed E-state index contributed by atoms with van der Waals surface area (Å²) >= 11 is 7.59. The van der Waals surface area contributed by atoms with Gasteiger partial charge in [0.25, 0.3) is 0 Å². The van der Waals surface area contributed by atoms with Crippen molar-refractivity contribution in [1.29, 1.82) is 0 Å². The van der Waals surface area contributed by atoms with Gasteiger partial charge in [-0.1, -0.05) is 23.7 Å². The van der Waals surface area contributed by atoms with Crippen LogP contribution >= 0.6 is 22.9 Å². The summed E-state index contributed by atoms with van der Waals surface area (Å²) in [4.78, 5) is 4.42. The van der Waals surface area contributed by atoms with Gasteiger partial charge in [0, 0.05) is 16.3 Å². The molecule has 0 aliphatic heterocycles. The fraction of sp³-hybridized carbons (Fsp3) is 0.308. The Bertz CT molecular complexity index is 498. The molecule has 0 aliphatic carbocycles. The number of rotatable bonds is 4. The van der Waals surface area contributed by atoms with Crippen LogP contribution in [0.3, 0.4) is 0 Å². The van der Waals surface area contributed by atoms with Gasteiger partial charge in [0.1, 0.15) is 0 Å². The molecule has 0 bridgehead atoms. The topological polar surface area (TPSA) is 33.1 Å². The minimum absolute atomic E-state index is 0.0650. The Kier molecular flexibility index (Phi) is 4.15. The number of hydrogen-bond donors (Lipinski definition) is 1. The molecule has 1 aromatic carbocycles. The zero-order valence-electron chi connectivity index (χ0n) is 9.56. The Balaban J connectivity index is 2.16. The molecule has 2 aromatic rings. The molecule has 90 valence electrons. The molecule has 1 heterocycles. The van der Waals surface area contributed by atoms with Gasteiger partial charge in [-0.15, -0.1) is 11.3 Å². The van der Waals surface area contributed by atoms with E-state index >= 15 is 0 Å². The van der Waals surface area contributed by atoms with Crippen LogP contribution in [0.15, 0.2) is 29.6 Å². The molecule has 2 nitrogen and oxygen atoms in total. The van der Waals surface area contributed by atoms with Crippen molar-refractivity contribution < 1.29 is 5.11 Å². The Hall–Kier alpha value is -0.900. The van der Waals surface area contributed by atoms with E-state index in [1.54, 1.807) is 11.3 Å². The highest BCUT2D eigenvalue weighted by Gasteiger charge is 2.13. The second-order valence-electron chi connectivity index (χ2n) is 4.00. The molecular formula is C13H14ClNOS. The van der Waals surface area contributed by atoms with Crippen LogP contribution in [0.2, 0.25) is 5.02 Å². The van der Waals surface area contributed by atoms with Crippen molar-refractivity contribution >= 4 is 22.9 Å². The second-order valence-corrected chi connectivity index (χ2v) is 5.50. The summed E-state index contributed by atoms with van der Waals surface area (Å²) < 4.78 is 0. The van der Waals surface area contributed by atoms with Crippen LogP contribution in [-0.2, 0) is 6.42 Å². The van der Waals surface area contributed by atoms with Gasteiger partial charge in [-0.05, 0) is 31.0 Å². The highest BCUT2D eigenvalue weighted by Crippen LogP contribution is 2.23. The van der Waals surface area contributed by atoms with Crippen molar-refractivity contribution in [3.8, 4) is 0 Å². The smallest absolute Gasteiger partial charge is 0.0897 e. The molecule has 0 fully saturated rings. The second kappa shape index (κ2) is 5.63. The summed E-state index contributed by atoms with van der Waals surface area (Å²) in [7, 11) is 0. The molecule has 4 heteroatoms. The fourth-order valence-electron chi connectivity index (χ4n) is 1.80. The van der Waals surface area contributed by atoms with Crippen molar-refractivity contribution in [1.82, 2.24) is 4.98 Å². The number of aliphatic hydroxyl groups excluding tert-OH is 1. The summed E-state index contributed by atoms with van der Waals surface area (Å²) in [5, 5.41) is 13.3. The minimum Gasteiger partial charge on any atom is -0.396 e. The molecule has 17 heavy (non-hydrogen) atoms. The minimum atomic E-state index is 0.0650. The lowest BCUT2D eigenvalue weighted by Gasteiger charge is -2.13. The van der Waals surface area contributed by atoms with Crippen molar-refractivity contribution in [2.24, 2.45) is 0 Å². The van der Waals surface area contributed by atoms with Gasteiger partial charge in [-0.3, -0.25) is 0 Å². The van der Waals surface area contributed by atoms with Gasteiger partial charge in [0.2, 0.25) is 0 Å². The molecule has 2 rings (SSSR count). The van der Waals surface area contributed by atoms with Crippen LogP contribution in [0, 0.1) is 6.92 Å². The van der Waals surface area contributed by atoms with E-state index in [9.17, 15) is 5.11 Å². The first-order valence-corrected chi connectivity index (χ1v) is 6.72. The normalized spacial score (nSPS) is 12.6. The van der Waals surface area contributed by atoms with E-state index < -0.39 is 0 Å². The Labute approximate surface area is 110 Å². The monoisotopic (exact) mass is 267 g/mol. The fourth-order valence-corrected chi connectivity index (χ4v) is 2.63. The molecule has 1 unspecified atom stereocenters. The predicted molar refractivity (Wildman–Crippen MR) is 71.8 cm³/mol. The third-order valence-electron chi connectivity index (χ3n) is 2.66. The highest BCUT2D eigenvalue weighted by atomic mass is 35.5. The van der Waals surface area contributed by atoms with E-state index in [2.05, 4.69) is 4.98 Å². The number of aryl methyl sites for hydroxylation is 1. The van der Waals surface area contributed by atoms with Crippen LogP contribution in [0.1, 0.15) is 22.2 Å². The molecule has 1 aromatic heterocycles. The molecule has 0 aliphatic rings. The number of hydrogen-bond acceptors (Lipinski definition) is 3. The summed E-state index contributed by atoms with van der Waals surface area (Å²) in [6.07, 6.45) is 0.751. The van der Waals surface area contributed by atoms with Crippen LogP contribution in [-0.4, -0.2) is 16.7 Å². The number of halogens is 1. The van der Waals surface area contributed by atoms with E-state index in [4.69, 9.17) is 11.6 Å². The van der Waals surface area contributed by atoms with Crippen LogP contribution in [0.25, 0.3) is 0 Å². The number of thiazole rings is 1. The molecule has 1 N–H and O–H groups in total. The van der Waals surface area contributed by atoms with Crippen LogP contribution in [0.4, 0.5) is 0 Å². The third kappa shape index (κ3) is 3.28. The first-order valence-electron chi connectivity index (χ1n) is 5.46. The zero-order chi connectivity index (χ0) is 12.3. The van der Waals surface area contributed by atoms with E-state index in [1.807, 2.05) is 36.6 Å². The van der Waals surface area contributed by atoms with E-state index in [-0.39, 0.29) is 12.5 Å². The largest absolute Gasteiger partial charge is 0.396 e. The maximum Gasteiger partial charge on any atom is 0.0897 e. The van der Waals surface area contributed by atoms with Gasteiger partial charge in [0.15, 0.2) is 0 Å².